The number of nitro groups is 1. The van der Waals surface area contributed by atoms with Gasteiger partial charge < -0.3 is 5.32 Å². The molecule has 0 saturated heterocycles. The highest BCUT2D eigenvalue weighted by Crippen LogP contribution is 2.30. The van der Waals surface area contributed by atoms with Crippen molar-refractivity contribution in [2.45, 2.75) is 25.8 Å². The molecule has 0 bridgehead atoms. The van der Waals surface area contributed by atoms with Crippen LogP contribution in [0.5, 0.6) is 0 Å². The van der Waals surface area contributed by atoms with Crippen LogP contribution in [0.2, 0.25) is 5.02 Å². The van der Waals surface area contributed by atoms with Crippen molar-refractivity contribution < 1.29 is 4.92 Å². The van der Waals surface area contributed by atoms with Crippen molar-refractivity contribution in [1.82, 2.24) is 5.32 Å². The Bertz CT molecular complexity index is 396. The maximum Gasteiger partial charge on any atom is 0.274 e. The third-order valence-electron chi connectivity index (χ3n) is 2.89. The van der Waals surface area contributed by atoms with Crippen LogP contribution in [0.4, 0.5) is 5.69 Å². The normalized spacial score (nSPS) is 14.5. The summed E-state index contributed by atoms with van der Waals surface area (Å²) in [4.78, 5) is 10.5. The molecule has 0 aliphatic rings. The highest BCUT2D eigenvalue weighted by molar-refractivity contribution is 6.30. The number of hydrogen-bond acceptors (Lipinski definition) is 3. The van der Waals surface area contributed by atoms with Crippen LogP contribution in [0.3, 0.4) is 0 Å². The molecule has 0 fully saturated rings. The molecule has 2 atom stereocenters. The van der Waals surface area contributed by atoms with Crippen LogP contribution >= 0.6 is 11.6 Å². The Morgan fingerprint density at radius 2 is 2.06 bits per heavy atom. The summed E-state index contributed by atoms with van der Waals surface area (Å²) in [6.07, 6.45) is 0. The average molecular weight is 243 g/mol. The van der Waals surface area contributed by atoms with Crippen molar-refractivity contribution in [3.8, 4) is 0 Å². The van der Waals surface area contributed by atoms with E-state index in [1.165, 1.54) is 6.07 Å². The monoisotopic (exact) mass is 242 g/mol. The topological polar surface area (TPSA) is 55.2 Å². The Kier molecular flexibility index (Phi) is 4.26. The van der Waals surface area contributed by atoms with Crippen LogP contribution in [0, 0.1) is 10.1 Å². The molecule has 5 heteroatoms. The number of hydrogen-bond donors (Lipinski definition) is 1. The quantitative estimate of drug-likeness (QED) is 0.652. The highest BCUT2D eigenvalue weighted by Gasteiger charge is 2.22. The van der Waals surface area contributed by atoms with Gasteiger partial charge in [-0.25, -0.2) is 0 Å². The smallest absolute Gasteiger partial charge is 0.274 e. The van der Waals surface area contributed by atoms with Gasteiger partial charge in [-0.3, -0.25) is 10.1 Å². The van der Waals surface area contributed by atoms with Gasteiger partial charge in [-0.05, 0) is 20.0 Å². The molecular weight excluding hydrogens is 228 g/mol. The molecule has 0 aromatic heterocycles. The summed E-state index contributed by atoms with van der Waals surface area (Å²) in [5, 5.41) is 14.4. The van der Waals surface area contributed by atoms with E-state index in [-0.39, 0.29) is 22.6 Å². The van der Waals surface area contributed by atoms with Crippen LogP contribution in [0.1, 0.15) is 25.3 Å². The van der Waals surface area contributed by atoms with E-state index in [0.717, 1.165) is 0 Å². The van der Waals surface area contributed by atoms with Crippen molar-refractivity contribution in [1.29, 1.82) is 0 Å². The van der Waals surface area contributed by atoms with Crippen molar-refractivity contribution in [3.05, 3.63) is 38.9 Å². The molecule has 0 saturated carbocycles. The average Bonchev–Trinajstić information content (AvgIpc) is 2.26. The van der Waals surface area contributed by atoms with Crippen LogP contribution < -0.4 is 5.32 Å². The lowest BCUT2D eigenvalue weighted by molar-refractivity contribution is -0.385. The van der Waals surface area contributed by atoms with Crippen LogP contribution in [-0.2, 0) is 0 Å². The SMILES string of the molecule is CNC(C)C(C)c1ccc(Cl)cc1[N+](=O)[O-]. The molecule has 0 amide bonds. The van der Waals surface area contributed by atoms with Gasteiger partial charge in [0.05, 0.1) is 4.92 Å². The number of benzene rings is 1. The second-order valence-electron chi connectivity index (χ2n) is 3.83. The minimum Gasteiger partial charge on any atom is -0.317 e. The van der Waals surface area contributed by atoms with E-state index in [2.05, 4.69) is 5.32 Å². The maximum atomic E-state index is 10.9. The lowest BCUT2D eigenvalue weighted by Crippen LogP contribution is -2.27. The van der Waals surface area contributed by atoms with Gasteiger partial charge in [0.2, 0.25) is 0 Å². The fourth-order valence-electron chi connectivity index (χ4n) is 1.58. The van der Waals surface area contributed by atoms with Gasteiger partial charge in [-0.15, -0.1) is 0 Å². The van der Waals surface area contributed by atoms with E-state index in [1.54, 1.807) is 12.1 Å². The molecule has 2 unspecified atom stereocenters. The molecule has 1 aromatic carbocycles. The summed E-state index contributed by atoms with van der Waals surface area (Å²) < 4.78 is 0. The zero-order chi connectivity index (χ0) is 12.3. The number of nitro benzene ring substituents is 1. The van der Waals surface area contributed by atoms with Crippen molar-refractivity contribution in [3.63, 3.8) is 0 Å². The van der Waals surface area contributed by atoms with Gasteiger partial charge >= 0.3 is 0 Å². The third kappa shape index (κ3) is 2.71. The molecule has 0 aliphatic heterocycles. The summed E-state index contributed by atoms with van der Waals surface area (Å²) in [7, 11) is 1.84. The Morgan fingerprint density at radius 3 is 2.56 bits per heavy atom. The predicted octanol–water partition coefficient (Wildman–Crippen LogP) is 2.96. The molecule has 1 N–H and O–H groups in total. The molecular formula is C11H15ClN2O2. The lowest BCUT2D eigenvalue weighted by atomic mass is 9.93. The van der Waals surface area contributed by atoms with E-state index < -0.39 is 0 Å². The molecule has 88 valence electrons. The van der Waals surface area contributed by atoms with E-state index >= 15 is 0 Å². The number of likely N-dealkylation sites (N-methyl/N-ethyl adjacent to an activating group) is 1. The van der Waals surface area contributed by atoms with Crippen molar-refractivity contribution in [2.75, 3.05) is 7.05 Å². The van der Waals surface area contributed by atoms with Gasteiger partial charge in [0.15, 0.2) is 0 Å². The molecule has 16 heavy (non-hydrogen) atoms. The number of nitrogens with zero attached hydrogens (tertiary/aromatic N) is 1. The Balaban J connectivity index is 3.17. The molecule has 0 aliphatic carbocycles. The van der Waals surface area contributed by atoms with Gasteiger partial charge in [0.1, 0.15) is 0 Å². The zero-order valence-electron chi connectivity index (χ0n) is 9.53. The Hall–Kier alpha value is -1.13. The molecule has 0 heterocycles. The molecule has 0 radical (unpaired) electrons. The molecule has 1 rings (SSSR count). The van der Waals surface area contributed by atoms with E-state index in [1.807, 2.05) is 20.9 Å². The third-order valence-corrected chi connectivity index (χ3v) is 3.12. The standard InChI is InChI=1S/C11H15ClN2O2/c1-7(8(2)13-3)10-5-4-9(12)6-11(10)14(15)16/h4-8,13H,1-3H3. The van der Waals surface area contributed by atoms with E-state index in [0.29, 0.717) is 10.6 Å². The zero-order valence-corrected chi connectivity index (χ0v) is 10.3. The largest absolute Gasteiger partial charge is 0.317 e. The highest BCUT2D eigenvalue weighted by atomic mass is 35.5. The predicted molar refractivity (Wildman–Crippen MR) is 65.0 cm³/mol. The fraction of sp³-hybridized carbons (Fsp3) is 0.455. The van der Waals surface area contributed by atoms with E-state index in [9.17, 15) is 10.1 Å². The summed E-state index contributed by atoms with van der Waals surface area (Å²) in [6, 6.07) is 4.97. The van der Waals surface area contributed by atoms with E-state index in [4.69, 9.17) is 11.6 Å². The Labute approximate surface area is 99.8 Å². The van der Waals surface area contributed by atoms with Gasteiger partial charge in [-0.2, -0.15) is 0 Å². The second-order valence-corrected chi connectivity index (χ2v) is 4.26. The first-order chi connectivity index (χ1) is 7.47. The second kappa shape index (κ2) is 5.27. The number of rotatable bonds is 4. The van der Waals surface area contributed by atoms with Gasteiger partial charge in [0, 0.05) is 28.6 Å². The lowest BCUT2D eigenvalue weighted by Gasteiger charge is -2.19. The fourth-order valence-corrected chi connectivity index (χ4v) is 1.75. The summed E-state index contributed by atoms with van der Waals surface area (Å²) in [5.74, 6) is 0.0580. The summed E-state index contributed by atoms with van der Waals surface area (Å²) in [6.45, 7) is 3.94. The Morgan fingerprint density at radius 1 is 1.44 bits per heavy atom. The van der Waals surface area contributed by atoms with Crippen molar-refractivity contribution >= 4 is 17.3 Å². The van der Waals surface area contributed by atoms with Crippen LogP contribution in [-0.4, -0.2) is 18.0 Å². The van der Waals surface area contributed by atoms with Gasteiger partial charge in [-0.1, -0.05) is 24.6 Å². The minimum absolute atomic E-state index is 0.0580. The number of nitrogens with one attached hydrogen (secondary N) is 1. The summed E-state index contributed by atoms with van der Waals surface area (Å²) in [5.41, 5.74) is 0.790. The maximum absolute atomic E-state index is 10.9. The number of halogens is 1. The van der Waals surface area contributed by atoms with Gasteiger partial charge in [0.25, 0.3) is 5.69 Å². The first-order valence-corrected chi connectivity index (χ1v) is 5.46. The molecule has 4 nitrogen and oxygen atoms in total. The molecule has 0 spiro atoms. The summed E-state index contributed by atoms with van der Waals surface area (Å²) >= 11 is 5.76. The van der Waals surface area contributed by atoms with Crippen LogP contribution in [0.25, 0.3) is 0 Å². The first kappa shape index (κ1) is 12.9. The molecule has 1 aromatic rings. The van der Waals surface area contributed by atoms with Crippen molar-refractivity contribution in [2.24, 2.45) is 0 Å². The van der Waals surface area contributed by atoms with Crippen LogP contribution in [0.15, 0.2) is 18.2 Å². The first-order valence-electron chi connectivity index (χ1n) is 5.08. The minimum atomic E-state index is -0.389.